The quantitative estimate of drug-likeness (QED) is 0.804. The summed E-state index contributed by atoms with van der Waals surface area (Å²) in [4.78, 5) is 27.3. The minimum Gasteiger partial charge on any atom is -0.298 e. The second-order valence-electron chi connectivity index (χ2n) is 6.17. The van der Waals surface area contributed by atoms with E-state index in [0.29, 0.717) is 23.2 Å². The molecule has 4 nitrogen and oxygen atoms in total. The van der Waals surface area contributed by atoms with Crippen molar-refractivity contribution in [2.75, 3.05) is 4.90 Å². The van der Waals surface area contributed by atoms with Gasteiger partial charge in [-0.15, -0.1) is 6.58 Å². The van der Waals surface area contributed by atoms with Crippen molar-refractivity contribution in [3.05, 3.63) is 77.9 Å². The van der Waals surface area contributed by atoms with E-state index in [-0.39, 0.29) is 18.1 Å². The first-order valence-corrected chi connectivity index (χ1v) is 8.08. The van der Waals surface area contributed by atoms with Crippen LogP contribution in [0.1, 0.15) is 34.8 Å². The van der Waals surface area contributed by atoms with Crippen LogP contribution < -0.4 is 4.90 Å². The second-order valence-corrected chi connectivity index (χ2v) is 6.17. The maximum atomic E-state index is 13.3. The first kappa shape index (κ1) is 16.7. The number of amides is 1. The first-order valence-electron chi connectivity index (χ1n) is 8.08. The van der Waals surface area contributed by atoms with E-state index < -0.39 is 5.54 Å². The SMILES string of the molecule is C=CC[C@@]1(Cc2ccccc2C#N)C(=O)c2ccccc2N1C(C)=O. The predicted molar refractivity (Wildman–Crippen MR) is 96.3 cm³/mol. The summed E-state index contributed by atoms with van der Waals surface area (Å²) in [6, 6.07) is 16.5. The van der Waals surface area contributed by atoms with E-state index in [1.54, 1.807) is 41.3 Å². The van der Waals surface area contributed by atoms with Crippen molar-refractivity contribution < 1.29 is 9.59 Å². The summed E-state index contributed by atoms with van der Waals surface area (Å²) in [7, 11) is 0. The molecule has 0 unspecified atom stereocenters. The summed E-state index contributed by atoms with van der Waals surface area (Å²) >= 11 is 0. The Morgan fingerprint density at radius 2 is 1.92 bits per heavy atom. The van der Waals surface area contributed by atoms with Crippen LogP contribution in [0.25, 0.3) is 0 Å². The molecule has 124 valence electrons. The fourth-order valence-electron chi connectivity index (χ4n) is 3.67. The Labute approximate surface area is 147 Å². The topological polar surface area (TPSA) is 61.2 Å². The van der Waals surface area contributed by atoms with Crippen LogP contribution in [-0.4, -0.2) is 17.2 Å². The van der Waals surface area contributed by atoms with Crippen molar-refractivity contribution in [1.82, 2.24) is 0 Å². The molecule has 4 heteroatoms. The van der Waals surface area contributed by atoms with Crippen molar-refractivity contribution in [1.29, 1.82) is 5.26 Å². The van der Waals surface area contributed by atoms with Crippen LogP contribution in [0, 0.1) is 11.3 Å². The van der Waals surface area contributed by atoms with E-state index in [4.69, 9.17) is 0 Å². The number of Topliss-reactive ketones (excluding diaryl/α,β-unsaturated/α-hetero) is 1. The number of fused-ring (bicyclic) bond motifs is 1. The maximum absolute atomic E-state index is 13.3. The molecule has 1 amide bonds. The third kappa shape index (κ3) is 2.54. The molecule has 0 saturated carbocycles. The van der Waals surface area contributed by atoms with Crippen LogP contribution in [0.15, 0.2) is 61.2 Å². The third-order valence-corrected chi connectivity index (χ3v) is 4.66. The zero-order chi connectivity index (χ0) is 18.0. The molecular weight excluding hydrogens is 312 g/mol. The predicted octanol–water partition coefficient (Wildman–Crippen LogP) is 3.67. The number of nitrogens with zero attached hydrogens (tertiary/aromatic N) is 2. The highest BCUT2D eigenvalue weighted by Gasteiger charge is 2.52. The van der Waals surface area contributed by atoms with Gasteiger partial charge in [-0.2, -0.15) is 5.26 Å². The van der Waals surface area contributed by atoms with E-state index >= 15 is 0 Å². The van der Waals surface area contributed by atoms with Gasteiger partial charge in [0.2, 0.25) is 5.91 Å². The minimum absolute atomic E-state index is 0.106. The Morgan fingerprint density at radius 3 is 2.60 bits per heavy atom. The fraction of sp³-hybridized carbons (Fsp3) is 0.190. The molecule has 0 spiro atoms. The zero-order valence-electron chi connectivity index (χ0n) is 14.0. The standard InChI is InChI=1S/C21H18N2O2/c1-3-12-21(13-16-8-4-5-9-17(16)14-22)20(25)18-10-6-7-11-19(18)23(21)15(2)24/h3-11H,1,12-13H2,2H3/t21-/m1/s1. The van der Waals surface area contributed by atoms with Gasteiger partial charge in [-0.3, -0.25) is 14.5 Å². The van der Waals surface area contributed by atoms with Crippen LogP contribution >= 0.6 is 0 Å². The van der Waals surface area contributed by atoms with E-state index in [1.165, 1.54) is 6.92 Å². The van der Waals surface area contributed by atoms with Crippen molar-refractivity contribution in [3.8, 4) is 6.07 Å². The molecule has 0 aromatic heterocycles. The number of carbonyl (C=O) groups is 2. The van der Waals surface area contributed by atoms with Gasteiger partial charge in [0.05, 0.1) is 17.3 Å². The number of benzene rings is 2. The van der Waals surface area contributed by atoms with Crippen molar-refractivity contribution in [3.63, 3.8) is 0 Å². The third-order valence-electron chi connectivity index (χ3n) is 4.66. The van der Waals surface area contributed by atoms with Crippen molar-refractivity contribution in [2.24, 2.45) is 0 Å². The highest BCUT2D eigenvalue weighted by Crippen LogP contribution is 2.43. The highest BCUT2D eigenvalue weighted by molar-refractivity contribution is 6.20. The monoisotopic (exact) mass is 330 g/mol. The number of ketones is 1. The summed E-state index contributed by atoms with van der Waals surface area (Å²) in [6.45, 7) is 5.25. The van der Waals surface area contributed by atoms with Crippen molar-refractivity contribution >= 4 is 17.4 Å². The largest absolute Gasteiger partial charge is 0.298 e. The number of hydrogen-bond acceptors (Lipinski definition) is 3. The Kier molecular flexibility index (Phi) is 4.24. The average Bonchev–Trinajstić information content (AvgIpc) is 2.85. The fourth-order valence-corrected chi connectivity index (χ4v) is 3.67. The van der Waals surface area contributed by atoms with Crippen LogP contribution in [-0.2, 0) is 11.2 Å². The molecule has 1 atom stereocenters. The normalized spacial score (nSPS) is 18.6. The molecule has 0 radical (unpaired) electrons. The number of anilines is 1. The lowest BCUT2D eigenvalue weighted by atomic mass is 9.81. The molecule has 0 bridgehead atoms. The van der Waals surface area contributed by atoms with Gasteiger partial charge in [-0.1, -0.05) is 36.4 Å². The van der Waals surface area contributed by atoms with Gasteiger partial charge in [0.25, 0.3) is 0 Å². The van der Waals surface area contributed by atoms with Crippen molar-refractivity contribution in [2.45, 2.75) is 25.3 Å². The maximum Gasteiger partial charge on any atom is 0.224 e. The lowest BCUT2D eigenvalue weighted by Gasteiger charge is -2.36. The van der Waals surface area contributed by atoms with E-state index in [9.17, 15) is 14.9 Å². The minimum atomic E-state index is -1.08. The van der Waals surface area contributed by atoms with E-state index in [2.05, 4.69) is 12.6 Å². The molecule has 25 heavy (non-hydrogen) atoms. The Balaban J connectivity index is 2.20. The van der Waals surface area contributed by atoms with Gasteiger partial charge in [-0.25, -0.2) is 0 Å². The molecule has 0 N–H and O–H groups in total. The summed E-state index contributed by atoms with van der Waals surface area (Å²) in [5, 5.41) is 9.39. The van der Waals surface area contributed by atoms with E-state index in [1.807, 2.05) is 18.2 Å². The molecule has 1 aliphatic heterocycles. The summed E-state index contributed by atoms with van der Waals surface area (Å²) in [6.07, 6.45) is 2.25. The lowest BCUT2D eigenvalue weighted by Crippen LogP contribution is -2.54. The highest BCUT2D eigenvalue weighted by atomic mass is 16.2. The van der Waals surface area contributed by atoms with Gasteiger partial charge in [0.1, 0.15) is 5.54 Å². The molecule has 0 fully saturated rings. The number of para-hydroxylation sites is 1. The summed E-state index contributed by atoms with van der Waals surface area (Å²) in [5.41, 5.74) is 1.34. The van der Waals surface area contributed by atoms with Crippen LogP contribution in [0.2, 0.25) is 0 Å². The molecular formula is C21H18N2O2. The summed E-state index contributed by atoms with van der Waals surface area (Å²) < 4.78 is 0. The van der Waals surface area contributed by atoms with Crippen LogP contribution in [0.5, 0.6) is 0 Å². The lowest BCUT2D eigenvalue weighted by molar-refractivity contribution is -0.117. The first-order chi connectivity index (χ1) is 12.0. The van der Waals surface area contributed by atoms with Gasteiger partial charge in [-0.05, 0) is 30.2 Å². The van der Waals surface area contributed by atoms with Gasteiger partial charge in [0.15, 0.2) is 5.78 Å². The molecule has 0 saturated heterocycles. The average molecular weight is 330 g/mol. The molecule has 2 aromatic rings. The zero-order valence-corrected chi connectivity index (χ0v) is 14.0. The number of carbonyl (C=O) groups excluding carboxylic acids is 2. The van der Waals surface area contributed by atoms with Gasteiger partial charge >= 0.3 is 0 Å². The van der Waals surface area contributed by atoms with Crippen LogP contribution in [0.4, 0.5) is 5.69 Å². The molecule has 1 heterocycles. The molecule has 2 aromatic carbocycles. The Morgan fingerprint density at radius 1 is 1.24 bits per heavy atom. The molecule has 0 aliphatic carbocycles. The second kappa shape index (κ2) is 6.37. The smallest absolute Gasteiger partial charge is 0.224 e. The Hall–Kier alpha value is -3.19. The van der Waals surface area contributed by atoms with Gasteiger partial charge in [0, 0.05) is 18.9 Å². The molecule has 1 aliphatic rings. The van der Waals surface area contributed by atoms with E-state index in [0.717, 1.165) is 5.56 Å². The van der Waals surface area contributed by atoms with Gasteiger partial charge < -0.3 is 0 Å². The Bertz CT molecular complexity index is 910. The number of hydrogen-bond donors (Lipinski definition) is 0. The molecule has 3 rings (SSSR count). The number of rotatable bonds is 4. The summed E-state index contributed by atoms with van der Waals surface area (Å²) in [5.74, 6) is -0.305. The number of nitriles is 1. The van der Waals surface area contributed by atoms with Crippen LogP contribution in [0.3, 0.4) is 0 Å².